The van der Waals surface area contributed by atoms with Crippen molar-refractivity contribution in [3.8, 4) is 0 Å². The van der Waals surface area contributed by atoms with Gasteiger partial charge in [0.1, 0.15) is 0 Å². The molecule has 0 aromatic heterocycles. The van der Waals surface area contributed by atoms with Gasteiger partial charge in [-0.1, -0.05) is 20.4 Å². The Morgan fingerprint density at radius 1 is 1.50 bits per heavy atom. The third kappa shape index (κ3) is 4.77. The van der Waals surface area contributed by atoms with E-state index in [1.165, 1.54) is 0 Å². The number of carbonyl (C=O) groups is 1. The van der Waals surface area contributed by atoms with Gasteiger partial charge >= 0.3 is 5.97 Å². The van der Waals surface area contributed by atoms with Crippen LogP contribution < -0.4 is 0 Å². The van der Waals surface area contributed by atoms with E-state index in [-0.39, 0.29) is 11.8 Å². The summed E-state index contributed by atoms with van der Waals surface area (Å²) in [5.74, 6) is -0.162. The smallest absolute Gasteiger partial charge is 0.303 e. The lowest BCUT2D eigenvalue weighted by atomic mass is 9.85. The minimum absolute atomic E-state index is 0.134. The van der Waals surface area contributed by atoms with Crippen LogP contribution in [-0.2, 0) is 9.53 Å². The fourth-order valence-corrected chi connectivity index (χ4v) is 1.08. The average molecular weight is 172 g/mol. The van der Waals surface area contributed by atoms with E-state index in [9.17, 15) is 4.79 Å². The summed E-state index contributed by atoms with van der Waals surface area (Å²) in [4.78, 5) is 10.4. The van der Waals surface area contributed by atoms with E-state index < -0.39 is 5.97 Å². The van der Waals surface area contributed by atoms with Crippen molar-refractivity contribution in [2.45, 2.75) is 26.7 Å². The summed E-state index contributed by atoms with van der Waals surface area (Å²) < 4.78 is 4.88. The molecule has 0 aromatic carbocycles. The van der Waals surface area contributed by atoms with E-state index >= 15 is 0 Å². The molecule has 0 spiro atoms. The van der Waals surface area contributed by atoms with E-state index in [1.807, 2.05) is 13.8 Å². The molecule has 0 aromatic rings. The highest BCUT2D eigenvalue weighted by molar-refractivity contribution is 5.67. The van der Waals surface area contributed by atoms with Gasteiger partial charge < -0.3 is 9.84 Å². The lowest BCUT2D eigenvalue weighted by molar-refractivity contribution is -0.139. The van der Waals surface area contributed by atoms with Gasteiger partial charge in [0.2, 0.25) is 0 Å². The summed E-state index contributed by atoms with van der Waals surface area (Å²) in [5.41, 5.74) is -0.279. The Labute approximate surface area is 73.0 Å². The molecule has 0 radical (unpaired) electrons. The topological polar surface area (TPSA) is 46.5 Å². The monoisotopic (exact) mass is 172 g/mol. The number of hydrogen-bond acceptors (Lipinski definition) is 2. The van der Waals surface area contributed by atoms with Crippen LogP contribution in [-0.4, -0.2) is 18.2 Å². The lowest BCUT2D eigenvalue weighted by Crippen LogP contribution is -2.17. The zero-order valence-corrected chi connectivity index (χ0v) is 7.89. The van der Waals surface area contributed by atoms with E-state index in [2.05, 4.69) is 6.58 Å². The largest absolute Gasteiger partial charge is 0.502 e. The second-order valence-electron chi connectivity index (χ2n) is 3.65. The zero-order valence-electron chi connectivity index (χ0n) is 7.89. The maximum absolute atomic E-state index is 10.4. The van der Waals surface area contributed by atoms with Gasteiger partial charge in [0, 0.05) is 6.42 Å². The molecule has 0 amide bonds. The number of carboxylic acid groups (broad SMARTS) is 1. The molecule has 0 aliphatic rings. The molecule has 0 heterocycles. The first-order valence-electron chi connectivity index (χ1n) is 3.81. The number of hydrogen-bond donors (Lipinski definition) is 1. The predicted molar refractivity (Wildman–Crippen MR) is 46.8 cm³/mol. The van der Waals surface area contributed by atoms with Gasteiger partial charge in [-0.3, -0.25) is 4.79 Å². The molecule has 1 N–H and O–H groups in total. The van der Waals surface area contributed by atoms with Gasteiger partial charge in [-0.2, -0.15) is 0 Å². The van der Waals surface area contributed by atoms with Crippen LogP contribution in [0, 0.1) is 5.41 Å². The molecule has 0 fully saturated rings. The number of allylic oxidation sites excluding steroid dienone is 1. The summed E-state index contributed by atoms with van der Waals surface area (Å²) >= 11 is 0. The summed E-state index contributed by atoms with van der Waals surface area (Å²) in [6.45, 7) is 7.41. The molecule has 0 bridgehead atoms. The maximum Gasteiger partial charge on any atom is 0.303 e. The summed E-state index contributed by atoms with van der Waals surface area (Å²) in [6, 6.07) is 0. The Morgan fingerprint density at radius 3 is 2.33 bits per heavy atom. The first kappa shape index (κ1) is 11.0. The molecule has 0 aliphatic carbocycles. The molecule has 0 unspecified atom stereocenters. The van der Waals surface area contributed by atoms with Gasteiger partial charge in [-0.25, -0.2) is 0 Å². The van der Waals surface area contributed by atoms with Crippen molar-refractivity contribution in [3.05, 3.63) is 12.3 Å². The van der Waals surface area contributed by atoms with Crippen molar-refractivity contribution < 1.29 is 14.6 Å². The quantitative estimate of drug-likeness (QED) is 0.645. The fraction of sp³-hybridized carbons (Fsp3) is 0.667. The minimum Gasteiger partial charge on any atom is -0.502 e. The second kappa shape index (κ2) is 4.14. The van der Waals surface area contributed by atoms with Gasteiger partial charge in [-0.15, -0.1) is 0 Å². The van der Waals surface area contributed by atoms with Gasteiger partial charge in [-0.05, 0) is 5.41 Å². The van der Waals surface area contributed by atoms with Gasteiger partial charge in [0.15, 0.2) is 0 Å². The van der Waals surface area contributed by atoms with Crippen molar-refractivity contribution >= 4 is 5.97 Å². The van der Waals surface area contributed by atoms with Crippen LogP contribution in [0.25, 0.3) is 0 Å². The Balaban J connectivity index is 4.03. The number of carboxylic acids is 1. The van der Waals surface area contributed by atoms with Crippen LogP contribution in [0.5, 0.6) is 0 Å². The van der Waals surface area contributed by atoms with Crippen LogP contribution in [0.1, 0.15) is 26.7 Å². The highest BCUT2D eigenvalue weighted by Crippen LogP contribution is 2.28. The average Bonchev–Trinajstić information content (AvgIpc) is 1.83. The highest BCUT2D eigenvalue weighted by Gasteiger charge is 2.22. The third-order valence-corrected chi connectivity index (χ3v) is 1.59. The molecular weight excluding hydrogens is 156 g/mol. The molecule has 0 saturated carbocycles. The molecule has 3 nitrogen and oxygen atoms in total. The van der Waals surface area contributed by atoms with E-state index in [4.69, 9.17) is 9.84 Å². The lowest BCUT2D eigenvalue weighted by Gasteiger charge is -2.22. The van der Waals surface area contributed by atoms with Crippen molar-refractivity contribution in [2.24, 2.45) is 5.41 Å². The fourth-order valence-electron chi connectivity index (χ4n) is 1.08. The molecule has 0 atom stereocenters. The first-order chi connectivity index (χ1) is 5.37. The number of rotatable bonds is 5. The molecule has 0 saturated heterocycles. The third-order valence-electron chi connectivity index (χ3n) is 1.59. The second-order valence-corrected chi connectivity index (χ2v) is 3.65. The molecule has 0 aliphatic heterocycles. The van der Waals surface area contributed by atoms with Crippen molar-refractivity contribution in [2.75, 3.05) is 7.11 Å². The van der Waals surface area contributed by atoms with E-state index in [1.54, 1.807) is 7.11 Å². The first-order valence-corrected chi connectivity index (χ1v) is 3.81. The summed E-state index contributed by atoms with van der Waals surface area (Å²) in [7, 11) is 1.54. The Hall–Kier alpha value is -0.990. The minimum atomic E-state index is -0.788. The standard InChI is InChI=1S/C9H16O3/c1-7(12-4)5-9(2,3)6-8(10)11/h1,5-6H2,2-4H3,(H,10,11). The van der Waals surface area contributed by atoms with Crippen LogP contribution in [0.2, 0.25) is 0 Å². The molecule has 12 heavy (non-hydrogen) atoms. The van der Waals surface area contributed by atoms with Gasteiger partial charge in [0.25, 0.3) is 0 Å². The zero-order chi connectivity index (χ0) is 9.78. The Bertz CT molecular complexity index is 182. The van der Waals surface area contributed by atoms with Crippen molar-refractivity contribution in [1.29, 1.82) is 0 Å². The van der Waals surface area contributed by atoms with Crippen molar-refractivity contribution in [1.82, 2.24) is 0 Å². The van der Waals surface area contributed by atoms with E-state index in [0.717, 1.165) is 0 Å². The van der Waals surface area contributed by atoms with Crippen LogP contribution in [0.3, 0.4) is 0 Å². The highest BCUT2D eigenvalue weighted by atomic mass is 16.5. The number of ether oxygens (including phenoxy) is 1. The summed E-state index contributed by atoms with van der Waals surface area (Å²) in [6.07, 6.45) is 0.713. The molecular formula is C9H16O3. The van der Waals surface area contributed by atoms with Crippen LogP contribution in [0.4, 0.5) is 0 Å². The normalized spacial score (nSPS) is 10.9. The Kier molecular flexibility index (Phi) is 3.80. The van der Waals surface area contributed by atoms with Crippen LogP contribution in [0.15, 0.2) is 12.3 Å². The van der Waals surface area contributed by atoms with E-state index in [0.29, 0.717) is 12.2 Å². The SMILES string of the molecule is C=C(CC(C)(C)CC(=O)O)OC. The van der Waals surface area contributed by atoms with Crippen LogP contribution >= 0.6 is 0 Å². The predicted octanol–water partition coefficient (Wildman–Crippen LogP) is 2.04. The molecule has 0 rings (SSSR count). The number of methoxy groups -OCH3 is 1. The number of aliphatic carboxylic acids is 1. The van der Waals surface area contributed by atoms with Crippen molar-refractivity contribution in [3.63, 3.8) is 0 Å². The molecule has 3 heteroatoms. The Morgan fingerprint density at radius 2 is 2.00 bits per heavy atom. The molecule has 70 valence electrons. The summed E-state index contributed by atoms with van der Waals surface area (Å²) in [5, 5.41) is 8.56. The van der Waals surface area contributed by atoms with Gasteiger partial charge in [0.05, 0.1) is 19.3 Å². The maximum atomic E-state index is 10.4.